The van der Waals surface area contributed by atoms with Gasteiger partial charge in [-0.2, -0.15) is 0 Å². The fourth-order valence-electron chi connectivity index (χ4n) is 1.25. The summed E-state index contributed by atoms with van der Waals surface area (Å²) in [7, 11) is 0. The van der Waals surface area contributed by atoms with Crippen molar-refractivity contribution in [2.45, 2.75) is 45.6 Å². The number of nitrogens with two attached hydrogens (primary N) is 1. The highest BCUT2D eigenvalue weighted by Crippen LogP contribution is 2.22. The van der Waals surface area contributed by atoms with Crippen molar-refractivity contribution in [2.24, 2.45) is 0 Å². The molecule has 17 heavy (non-hydrogen) atoms. The van der Waals surface area contributed by atoms with Gasteiger partial charge in [-0.05, 0) is 13.8 Å². The molecule has 0 saturated carbocycles. The molecule has 0 unspecified atom stereocenters. The fraction of sp³-hybridized carbons (Fsp3) is 0.667. The first-order valence-corrected chi connectivity index (χ1v) is 5.68. The van der Waals surface area contributed by atoms with Gasteiger partial charge in [-0.25, -0.2) is 9.97 Å². The molecule has 5 nitrogen and oxygen atoms in total. The maximum atomic E-state index is 9.22. The van der Waals surface area contributed by atoms with E-state index in [1.54, 1.807) is 6.07 Å². The predicted octanol–water partition coefficient (Wildman–Crippen LogP) is 1.54. The first-order valence-electron chi connectivity index (χ1n) is 5.68. The Morgan fingerprint density at radius 3 is 2.29 bits per heavy atom. The summed E-state index contributed by atoms with van der Waals surface area (Å²) in [5, 5.41) is 12.4. The van der Waals surface area contributed by atoms with Crippen LogP contribution in [0.4, 0.5) is 11.6 Å². The zero-order valence-electron chi connectivity index (χ0n) is 11.2. The molecule has 0 atom stereocenters. The van der Waals surface area contributed by atoms with Gasteiger partial charge in [-0.1, -0.05) is 20.8 Å². The summed E-state index contributed by atoms with van der Waals surface area (Å²) >= 11 is 0. The molecule has 0 aliphatic heterocycles. The molecule has 0 radical (unpaired) electrons. The molecule has 0 bridgehead atoms. The van der Waals surface area contributed by atoms with E-state index in [1.807, 2.05) is 34.6 Å². The minimum absolute atomic E-state index is 0.0156. The third kappa shape index (κ3) is 3.85. The molecule has 0 saturated heterocycles. The highest BCUT2D eigenvalue weighted by Gasteiger charge is 2.21. The number of anilines is 2. The smallest absolute Gasteiger partial charge is 0.138 e. The lowest BCUT2D eigenvalue weighted by Crippen LogP contribution is -2.35. The van der Waals surface area contributed by atoms with Crippen molar-refractivity contribution >= 4 is 11.6 Å². The Morgan fingerprint density at radius 2 is 1.82 bits per heavy atom. The second-order valence-corrected chi connectivity index (χ2v) is 5.92. The van der Waals surface area contributed by atoms with Gasteiger partial charge >= 0.3 is 0 Å². The number of nitrogen functional groups attached to an aromatic ring is 1. The molecule has 0 aliphatic carbocycles. The van der Waals surface area contributed by atoms with Crippen molar-refractivity contribution in [3.8, 4) is 0 Å². The minimum atomic E-state index is -0.435. The van der Waals surface area contributed by atoms with Crippen LogP contribution in [0.15, 0.2) is 6.07 Å². The lowest BCUT2D eigenvalue weighted by molar-refractivity contribution is 0.234. The number of aliphatic hydroxyl groups is 1. The molecular formula is C12H22N4O. The Bertz CT molecular complexity index is 396. The van der Waals surface area contributed by atoms with Gasteiger partial charge in [0.15, 0.2) is 0 Å². The van der Waals surface area contributed by atoms with Gasteiger partial charge in [0.1, 0.15) is 17.5 Å². The van der Waals surface area contributed by atoms with Crippen LogP contribution in [0, 0.1) is 0 Å². The first kappa shape index (κ1) is 13.7. The van der Waals surface area contributed by atoms with Gasteiger partial charge in [0.2, 0.25) is 0 Å². The summed E-state index contributed by atoms with van der Waals surface area (Å²) in [4.78, 5) is 8.65. The second-order valence-electron chi connectivity index (χ2n) is 5.92. The second kappa shape index (κ2) is 4.49. The van der Waals surface area contributed by atoms with E-state index < -0.39 is 5.54 Å². The van der Waals surface area contributed by atoms with Crippen LogP contribution in [-0.4, -0.2) is 27.2 Å². The maximum Gasteiger partial charge on any atom is 0.138 e. The standard InChI is InChI=1S/C12H22N4O/c1-11(2,3)10-14-8(13)6-9(15-10)16-12(4,5)7-17/h6,17H,7H2,1-5H3,(H3,13,14,15,16). The SMILES string of the molecule is CC(C)(CO)Nc1cc(N)nc(C(C)(C)C)n1. The van der Waals surface area contributed by atoms with Crippen LogP contribution < -0.4 is 11.1 Å². The third-order valence-electron chi connectivity index (χ3n) is 2.28. The average Bonchev–Trinajstić information content (AvgIpc) is 2.14. The van der Waals surface area contributed by atoms with E-state index in [2.05, 4.69) is 15.3 Å². The Labute approximate surface area is 102 Å². The van der Waals surface area contributed by atoms with Gasteiger partial charge < -0.3 is 16.2 Å². The monoisotopic (exact) mass is 238 g/mol. The first-order chi connectivity index (χ1) is 7.64. The zero-order valence-corrected chi connectivity index (χ0v) is 11.2. The van der Waals surface area contributed by atoms with Crippen LogP contribution in [0.1, 0.15) is 40.4 Å². The molecule has 1 aromatic heterocycles. The van der Waals surface area contributed by atoms with Crippen LogP contribution in [-0.2, 0) is 5.41 Å². The summed E-state index contributed by atoms with van der Waals surface area (Å²) < 4.78 is 0. The van der Waals surface area contributed by atoms with E-state index in [1.165, 1.54) is 0 Å². The number of hydrogen-bond donors (Lipinski definition) is 3. The highest BCUT2D eigenvalue weighted by atomic mass is 16.3. The maximum absolute atomic E-state index is 9.22. The number of nitrogens with one attached hydrogen (secondary N) is 1. The molecular weight excluding hydrogens is 216 g/mol. The number of aromatic nitrogens is 2. The molecule has 0 amide bonds. The lowest BCUT2D eigenvalue weighted by atomic mass is 9.95. The van der Waals surface area contributed by atoms with Gasteiger partial charge in [0, 0.05) is 11.5 Å². The Balaban J connectivity index is 3.06. The van der Waals surface area contributed by atoms with Gasteiger partial charge in [0.25, 0.3) is 0 Å². The van der Waals surface area contributed by atoms with Crippen molar-refractivity contribution in [3.05, 3.63) is 11.9 Å². The topological polar surface area (TPSA) is 84.1 Å². The Kier molecular flexibility index (Phi) is 3.62. The van der Waals surface area contributed by atoms with E-state index in [0.717, 1.165) is 0 Å². The van der Waals surface area contributed by atoms with Gasteiger partial charge in [-0.15, -0.1) is 0 Å². The van der Waals surface area contributed by atoms with Crippen molar-refractivity contribution in [2.75, 3.05) is 17.7 Å². The average molecular weight is 238 g/mol. The quantitative estimate of drug-likeness (QED) is 0.744. The summed E-state index contributed by atoms with van der Waals surface area (Å²) in [5.41, 5.74) is 5.17. The number of nitrogens with zero attached hydrogens (tertiary/aromatic N) is 2. The predicted molar refractivity (Wildman–Crippen MR) is 69.9 cm³/mol. The molecule has 1 heterocycles. The Morgan fingerprint density at radius 1 is 1.24 bits per heavy atom. The Hall–Kier alpha value is -1.36. The van der Waals surface area contributed by atoms with Gasteiger partial charge in [-0.3, -0.25) is 0 Å². The number of aliphatic hydroxyl groups excluding tert-OH is 1. The van der Waals surface area contributed by atoms with Crippen molar-refractivity contribution < 1.29 is 5.11 Å². The summed E-state index contributed by atoms with van der Waals surface area (Å²) in [6, 6.07) is 1.67. The van der Waals surface area contributed by atoms with Crippen molar-refractivity contribution in [1.82, 2.24) is 9.97 Å². The molecule has 96 valence electrons. The summed E-state index contributed by atoms with van der Waals surface area (Å²) in [6.45, 7) is 9.89. The summed E-state index contributed by atoms with van der Waals surface area (Å²) in [6.07, 6.45) is 0. The molecule has 5 heteroatoms. The van der Waals surface area contributed by atoms with Crippen LogP contribution in [0.2, 0.25) is 0 Å². The van der Waals surface area contributed by atoms with Crippen LogP contribution in [0.25, 0.3) is 0 Å². The van der Waals surface area contributed by atoms with Crippen LogP contribution >= 0.6 is 0 Å². The fourth-order valence-corrected chi connectivity index (χ4v) is 1.25. The van der Waals surface area contributed by atoms with E-state index in [-0.39, 0.29) is 12.0 Å². The van der Waals surface area contributed by atoms with Crippen LogP contribution in [0.5, 0.6) is 0 Å². The molecule has 0 spiro atoms. The molecule has 0 aromatic carbocycles. The summed E-state index contributed by atoms with van der Waals surface area (Å²) in [5.74, 6) is 1.76. The van der Waals surface area contributed by atoms with E-state index >= 15 is 0 Å². The largest absolute Gasteiger partial charge is 0.394 e. The molecule has 0 fully saturated rings. The van der Waals surface area contributed by atoms with Crippen LogP contribution in [0.3, 0.4) is 0 Å². The molecule has 4 N–H and O–H groups in total. The highest BCUT2D eigenvalue weighted by molar-refractivity contribution is 5.46. The lowest BCUT2D eigenvalue weighted by Gasteiger charge is -2.25. The van der Waals surface area contributed by atoms with E-state index in [4.69, 9.17) is 5.73 Å². The number of hydrogen-bond acceptors (Lipinski definition) is 5. The molecule has 0 aliphatic rings. The third-order valence-corrected chi connectivity index (χ3v) is 2.28. The normalized spacial score (nSPS) is 12.6. The van der Waals surface area contributed by atoms with E-state index in [0.29, 0.717) is 17.5 Å². The van der Waals surface area contributed by atoms with Gasteiger partial charge in [0.05, 0.1) is 12.1 Å². The van der Waals surface area contributed by atoms with E-state index in [9.17, 15) is 5.11 Å². The number of rotatable bonds is 3. The molecule has 1 aromatic rings. The minimum Gasteiger partial charge on any atom is -0.394 e. The van der Waals surface area contributed by atoms with Crippen molar-refractivity contribution in [1.29, 1.82) is 0 Å². The zero-order chi connectivity index (χ0) is 13.3. The molecule has 1 rings (SSSR count). The van der Waals surface area contributed by atoms with Crippen molar-refractivity contribution in [3.63, 3.8) is 0 Å².